The predicted molar refractivity (Wildman–Crippen MR) is 115 cm³/mol. The Morgan fingerprint density at radius 2 is 2.03 bits per heavy atom. The third-order valence-corrected chi connectivity index (χ3v) is 6.51. The van der Waals surface area contributed by atoms with Gasteiger partial charge in [0, 0.05) is 38.1 Å². The van der Waals surface area contributed by atoms with Crippen LogP contribution in [0.3, 0.4) is 0 Å². The lowest BCUT2D eigenvalue weighted by Crippen LogP contribution is -2.40. The minimum Gasteiger partial charge on any atom is -0.480 e. The quantitative estimate of drug-likeness (QED) is 0.623. The number of fused-ring (bicyclic) bond motifs is 1. The molecule has 31 heavy (non-hydrogen) atoms. The summed E-state index contributed by atoms with van der Waals surface area (Å²) in [5.41, 5.74) is 1.37. The molecular weight excluding hydrogens is 423 g/mol. The summed E-state index contributed by atoms with van der Waals surface area (Å²) in [4.78, 5) is 14.3. The van der Waals surface area contributed by atoms with E-state index >= 15 is 0 Å². The zero-order valence-electron chi connectivity index (χ0n) is 17.9. The maximum Gasteiger partial charge on any atom is 0.263 e. The van der Waals surface area contributed by atoms with E-state index in [1.165, 1.54) is 12.1 Å². The van der Waals surface area contributed by atoms with Gasteiger partial charge in [0.1, 0.15) is 11.6 Å². The number of methoxy groups -OCH3 is 1. The third kappa shape index (κ3) is 5.34. The van der Waals surface area contributed by atoms with E-state index < -0.39 is 21.9 Å². The van der Waals surface area contributed by atoms with Crippen molar-refractivity contribution in [1.82, 2.24) is 4.90 Å². The number of benzene rings is 2. The molecule has 1 heterocycles. The minimum absolute atomic E-state index is 0.105. The summed E-state index contributed by atoms with van der Waals surface area (Å²) in [6, 6.07) is 8.63. The Hall–Kier alpha value is -2.65. The summed E-state index contributed by atoms with van der Waals surface area (Å²) >= 11 is 0. The van der Waals surface area contributed by atoms with E-state index in [0.717, 1.165) is 6.07 Å². The van der Waals surface area contributed by atoms with Gasteiger partial charge in [-0.3, -0.25) is 9.52 Å². The standard InChI is InChI=1S/C22H27FN2O5S/c1-4-20-22(26)25(10-5-11-29-3)14-16-12-17(7-9-21(16)30-20)24-31(27,28)18-8-6-15(2)19(23)13-18/h6-9,12-13,20,24H,4-5,10-11,14H2,1-3H3. The Labute approximate surface area is 182 Å². The van der Waals surface area contributed by atoms with E-state index in [1.807, 2.05) is 6.92 Å². The molecule has 9 heteroatoms. The third-order valence-electron chi connectivity index (χ3n) is 5.13. The van der Waals surface area contributed by atoms with Crippen LogP contribution in [-0.2, 0) is 26.1 Å². The lowest BCUT2D eigenvalue weighted by molar-refractivity contribution is -0.138. The molecule has 0 spiro atoms. The van der Waals surface area contributed by atoms with Crippen LogP contribution < -0.4 is 9.46 Å². The first-order valence-corrected chi connectivity index (χ1v) is 11.6. The maximum atomic E-state index is 13.8. The van der Waals surface area contributed by atoms with Gasteiger partial charge in [-0.15, -0.1) is 0 Å². The highest BCUT2D eigenvalue weighted by Gasteiger charge is 2.30. The fourth-order valence-electron chi connectivity index (χ4n) is 3.37. The van der Waals surface area contributed by atoms with Crippen LogP contribution in [0.15, 0.2) is 41.3 Å². The number of amides is 1. The highest BCUT2D eigenvalue weighted by molar-refractivity contribution is 7.92. The number of halogens is 1. The summed E-state index contributed by atoms with van der Waals surface area (Å²) < 4.78 is 52.7. The average molecular weight is 451 g/mol. The van der Waals surface area contributed by atoms with Crippen LogP contribution in [0.1, 0.15) is 30.9 Å². The van der Waals surface area contributed by atoms with Gasteiger partial charge in [0.25, 0.3) is 15.9 Å². The second kappa shape index (κ2) is 9.65. The average Bonchev–Trinajstić information content (AvgIpc) is 2.86. The Bertz CT molecular complexity index is 1060. The van der Waals surface area contributed by atoms with Crippen LogP contribution in [0.2, 0.25) is 0 Å². The van der Waals surface area contributed by atoms with Crippen LogP contribution in [0.25, 0.3) is 0 Å². The summed E-state index contributed by atoms with van der Waals surface area (Å²) in [5.74, 6) is -0.153. The molecule has 1 aliphatic heterocycles. The molecule has 1 amide bonds. The summed E-state index contributed by atoms with van der Waals surface area (Å²) in [6.45, 7) is 4.77. The number of hydrogen-bond donors (Lipinski definition) is 1. The SMILES string of the molecule is CCC1Oc2ccc(NS(=O)(=O)c3ccc(C)c(F)c3)cc2CN(CCCOC)C1=O. The van der Waals surface area contributed by atoms with Crippen molar-refractivity contribution < 1.29 is 27.1 Å². The van der Waals surface area contributed by atoms with E-state index in [-0.39, 0.29) is 10.8 Å². The number of nitrogens with zero attached hydrogens (tertiary/aromatic N) is 1. The lowest BCUT2D eigenvalue weighted by Gasteiger charge is -2.23. The molecule has 0 fully saturated rings. The largest absolute Gasteiger partial charge is 0.480 e. The lowest BCUT2D eigenvalue weighted by atomic mass is 10.1. The van der Waals surface area contributed by atoms with Gasteiger partial charge in [-0.25, -0.2) is 12.8 Å². The van der Waals surface area contributed by atoms with Crippen LogP contribution in [0, 0.1) is 12.7 Å². The fraction of sp³-hybridized carbons (Fsp3) is 0.409. The monoisotopic (exact) mass is 450 g/mol. The maximum absolute atomic E-state index is 13.8. The molecule has 1 unspecified atom stereocenters. The van der Waals surface area contributed by atoms with Gasteiger partial charge in [-0.05, 0) is 55.7 Å². The number of rotatable bonds is 8. The van der Waals surface area contributed by atoms with Crippen molar-refractivity contribution in [2.45, 2.75) is 44.2 Å². The summed E-state index contributed by atoms with van der Waals surface area (Å²) in [5, 5.41) is 0. The van der Waals surface area contributed by atoms with Gasteiger partial charge in [0.15, 0.2) is 6.10 Å². The number of ether oxygens (including phenoxy) is 2. The number of sulfonamides is 1. The van der Waals surface area contributed by atoms with Crippen molar-refractivity contribution in [3.05, 3.63) is 53.3 Å². The number of aryl methyl sites for hydroxylation is 1. The summed E-state index contributed by atoms with van der Waals surface area (Å²) in [6.07, 6.45) is 0.605. The molecule has 7 nitrogen and oxygen atoms in total. The summed E-state index contributed by atoms with van der Waals surface area (Å²) in [7, 11) is -2.37. The number of nitrogens with one attached hydrogen (secondary N) is 1. The van der Waals surface area contributed by atoms with Crippen LogP contribution in [0.5, 0.6) is 5.75 Å². The number of hydrogen-bond acceptors (Lipinski definition) is 5. The van der Waals surface area contributed by atoms with Gasteiger partial charge in [-0.2, -0.15) is 0 Å². The predicted octanol–water partition coefficient (Wildman–Crippen LogP) is 3.47. The van der Waals surface area contributed by atoms with E-state index in [1.54, 1.807) is 37.1 Å². The Morgan fingerprint density at radius 1 is 1.26 bits per heavy atom. The van der Waals surface area contributed by atoms with E-state index in [9.17, 15) is 17.6 Å². The first kappa shape index (κ1) is 23.0. The fourth-order valence-corrected chi connectivity index (χ4v) is 4.44. The van der Waals surface area contributed by atoms with E-state index in [0.29, 0.717) is 55.1 Å². The minimum atomic E-state index is -3.97. The normalized spacial score (nSPS) is 16.5. The molecule has 0 aromatic heterocycles. The van der Waals surface area contributed by atoms with E-state index in [4.69, 9.17) is 9.47 Å². The molecule has 1 atom stereocenters. The van der Waals surface area contributed by atoms with Gasteiger partial charge in [-0.1, -0.05) is 13.0 Å². The molecule has 0 radical (unpaired) electrons. The Balaban J connectivity index is 1.87. The van der Waals surface area contributed by atoms with Crippen molar-refractivity contribution in [2.75, 3.05) is 25.0 Å². The molecule has 0 saturated heterocycles. The molecular formula is C22H27FN2O5S. The molecule has 1 aliphatic rings. The van der Waals surface area contributed by atoms with E-state index in [2.05, 4.69) is 4.72 Å². The van der Waals surface area contributed by atoms with Crippen molar-refractivity contribution in [3.8, 4) is 5.75 Å². The van der Waals surface area contributed by atoms with Gasteiger partial charge in [0.05, 0.1) is 4.90 Å². The van der Waals surface area contributed by atoms with Crippen LogP contribution >= 0.6 is 0 Å². The molecule has 0 bridgehead atoms. The van der Waals surface area contributed by atoms with Gasteiger partial charge in [0.2, 0.25) is 0 Å². The highest BCUT2D eigenvalue weighted by atomic mass is 32.2. The van der Waals surface area contributed by atoms with Crippen molar-refractivity contribution in [2.24, 2.45) is 0 Å². The van der Waals surface area contributed by atoms with Crippen molar-refractivity contribution in [1.29, 1.82) is 0 Å². The first-order chi connectivity index (χ1) is 14.7. The second-order valence-electron chi connectivity index (χ2n) is 7.46. The van der Waals surface area contributed by atoms with Gasteiger partial charge < -0.3 is 14.4 Å². The number of carbonyl (C=O) groups is 1. The Morgan fingerprint density at radius 3 is 2.71 bits per heavy atom. The first-order valence-electron chi connectivity index (χ1n) is 10.1. The smallest absolute Gasteiger partial charge is 0.263 e. The highest BCUT2D eigenvalue weighted by Crippen LogP contribution is 2.30. The van der Waals surface area contributed by atoms with Crippen LogP contribution in [0.4, 0.5) is 10.1 Å². The number of anilines is 1. The topological polar surface area (TPSA) is 84.9 Å². The molecule has 0 aliphatic carbocycles. The van der Waals surface area contributed by atoms with Crippen molar-refractivity contribution in [3.63, 3.8) is 0 Å². The number of carbonyl (C=O) groups excluding carboxylic acids is 1. The second-order valence-corrected chi connectivity index (χ2v) is 9.14. The van der Waals surface area contributed by atoms with Crippen LogP contribution in [-0.4, -0.2) is 45.6 Å². The zero-order valence-corrected chi connectivity index (χ0v) is 18.7. The zero-order chi connectivity index (χ0) is 22.6. The Kier molecular flexibility index (Phi) is 7.17. The molecule has 168 valence electrons. The molecule has 3 rings (SSSR count). The van der Waals surface area contributed by atoms with Crippen molar-refractivity contribution >= 4 is 21.6 Å². The molecule has 1 N–H and O–H groups in total. The molecule has 2 aromatic carbocycles. The van der Waals surface area contributed by atoms with Gasteiger partial charge >= 0.3 is 0 Å². The molecule has 2 aromatic rings. The molecule has 0 saturated carbocycles.